The molecule has 0 aliphatic carbocycles. The minimum atomic E-state index is 0.223. The molecule has 27 heavy (non-hydrogen) atoms. The molecule has 0 aliphatic heterocycles. The average Bonchev–Trinajstić information content (AvgIpc) is 3.09. The molecule has 1 nitrogen and oxygen atoms in total. The first-order valence-corrected chi connectivity index (χ1v) is 9.38. The van der Waals surface area contributed by atoms with Crippen molar-refractivity contribution in [1.82, 2.24) is 4.57 Å². The first-order chi connectivity index (χ1) is 13.3. The Balaban J connectivity index is 1.72. The highest BCUT2D eigenvalue weighted by Gasteiger charge is 2.17. The van der Waals surface area contributed by atoms with Gasteiger partial charge in [0.25, 0.3) is 0 Å². The number of hydrogen-bond acceptors (Lipinski definition) is 0. The second-order valence-electron chi connectivity index (χ2n) is 7.20. The number of aromatic nitrogens is 1. The Labute approximate surface area is 159 Å². The molecule has 0 saturated heterocycles. The fourth-order valence-electron chi connectivity index (χ4n) is 4.09. The number of hydrogen-bond donors (Lipinski definition) is 0. The van der Waals surface area contributed by atoms with Crippen molar-refractivity contribution in [2.24, 2.45) is 7.05 Å². The first-order valence-electron chi connectivity index (χ1n) is 9.38. The van der Waals surface area contributed by atoms with E-state index >= 15 is 0 Å². The predicted molar refractivity (Wildman–Crippen MR) is 114 cm³/mol. The van der Waals surface area contributed by atoms with E-state index in [2.05, 4.69) is 115 Å². The highest BCUT2D eigenvalue weighted by Crippen LogP contribution is 2.35. The largest absolute Gasteiger partial charge is 0.351 e. The Kier molecular flexibility index (Phi) is 3.79. The van der Waals surface area contributed by atoms with Crippen LogP contribution < -0.4 is 0 Å². The number of benzene rings is 4. The summed E-state index contributed by atoms with van der Waals surface area (Å²) in [5.41, 5.74) is 5.25. The van der Waals surface area contributed by atoms with Crippen LogP contribution in [-0.2, 0) is 7.05 Å². The van der Waals surface area contributed by atoms with Crippen molar-refractivity contribution in [3.8, 4) is 0 Å². The van der Waals surface area contributed by atoms with Crippen LogP contribution in [0.25, 0.3) is 21.7 Å². The minimum Gasteiger partial charge on any atom is -0.351 e. The maximum atomic E-state index is 2.34. The molecule has 0 spiro atoms. The monoisotopic (exact) mass is 347 g/mol. The van der Waals surface area contributed by atoms with E-state index in [9.17, 15) is 0 Å². The van der Waals surface area contributed by atoms with Crippen LogP contribution in [0.15, 0.2) is 103 Å². The zero-order chi connectivity index (χ0) is 18.2. The lowest BCUT2D eigenvalue weighted by molar-refractivity contribution is 0.963. The molecule has 0 fully saturated rings. The summed E-state index contributed by atoms with van der Waals surface area (Å²) in [6.07, 6.45) is 2.13. The van der Waals surface area contributed by atoms with Gasteiger partial charge in [0.05, 0.1) is 0 Å². The maximum absolute atomic E-state index is 2.34. The van der Waals surface area contributed by atoms with Crippen LogP contribution in [-0.4, -0.2) is 4.57 Å². The Hall–Kier alpha value is -3.32. The fraction of sp³-hybridized carbons (Fsp3) is 0.0769. The van der Waals surface area contributed by atoms with Gasteiger partial charge in [-0.2, -0.15) is 0 Å². The molecule has 0 bridgehead atoms. The molecule has 130 valence electrons. The van der Waals surface area contributed by atoms with Crippen LogP contribution in [0.5, 0.6) is 0 Å². The molecule has 1 aromatic heterocycles. The van der Waals surface area contributed by atoms with Crippen molar-refractivity contribution in [2.45, 2.75) is 5.92 Å². The van der Waals surface area contributed by atoms with Gasteiger partial charge in [0, 0.05) is 24.7 Å². The molecule has 0 unspecified atom stereocenters. The van der Waals surface area contributed by atoms with Crippen molar-refractivity contribution < 1.29 is 0 Å². The highest BCUT2D eigenvalue weighted by atomic mass is 14.9. The van der Waals surface area contributed by atoms with Crippen LogP contribution in [0.1, 0.15) is 22.6 Å². The normalized spacial score (nSPS) is 12.5. The van der Waals surface area contributed by atoms with Crippen molar-refractivity contribution in [1.29, 1.82) is 0 Å². The van der Waals surface area contributed by atoms with Gasteiger partial charge in [-0.05, 0) is 51.0 Å². The van der Waals surface area contributed by atoms with Crippen molar-refractivity contribution in [2.75, 3.05) is 0 Å². The predicted octanol–water partition coefficient (Wildman–Crippen LogP) is 6.51. The smallest absolute Gasteiger partial charge is 0.0477 e. The van der Waals surface area contributed by atoms with E-state index in [-0.39, 0.29) is 5.92 Å². The summed E-state index contributed by atoms with van der Waals surface area (Å²) in [7, 11) is 2.10. The van der Waals surface area contributed by atoms with Gasteiger partial charge in [-0.1, -0.05) is 78.9 Å². The lowest BCUT2D eigenvalue weighted by Gasteiger charge is -2.20. The van der Waals surface area contributed by atoms with E-state index in [4.69, 9.17) is 0 Å². The second kappa shape index (κ2) is 6.44. The third-order valence-corrected chi connectivity index (χ3v) is 5.48. The van der Waals surface area contributed by atoms with E-state index in [1.54, 1.807) is 0 Å². The molecule has 0 aliphatic rings. The fourth-order valence-corrected chi connectivity index (χ4v) is 4.09. The molecule has 1 atom stereocenters. The number of nitrogens with zero attached hydrogens (tertiary/aromatic N) is 1. The average molecular weight is 347 g/mol. The highest BCUT2D eigenvalue weighted by molar-refractivity contribution is 5.84. The van der Waals surface area contributed by atoms with Crippen molar-refractivity contribution in [3.63, 3.8) is 0 Å². The Bertz CT molecular complexity index is 1230. The van der Waals surface area contributed by atoms with Crippen LogP contribution in [0, 0.1) is 0 Å². The van der Waals surface area contributed by atoms with E-state index in [1.165, 1.54) is 38.4 Å². The van der Waals surface area contributed by atoms with Gasteiger partial charge in [-0.25, -0.2) is 0 Å². The molecule has 1 heterocycles. The van der Waals surface area contributed by atoms with Crippen molar-refractivity contribution in [3.05, 3.63) is 120 Å². The lowest BCUT2D eigenvalue weighted by atomic mass is 9.84. The van der Waals surface area contributed by atoms with Gasteiger partial charge in [0.1, 0.15) is 0 Å². The quantitative estimate of drug-likeness (QED) is 0.328. The van der Waals surface area contributed by atoms with Crippen LogP contribution in [0.3, 0.4) is 0 Å². The Morgan fingerprint density at radius 3 is 2.04 bits per heavy atom. The lowest BCUT2D eigenvalue weighted by Crippen LogP contribution is -2.03. The summed E-state index contributed by atoms with van der Waals surface area (Å²) in [6, 6.07) is 35.3. The molecular weight excluding hydrogens is 326 g/mol. The van der Waals surface area contributed by atoms with Gasteiger partial charge >= 0.3 is 0 Å². The molecule has 0 radical (unpaired) electrons. The molecule has 4 aromatic carbocycles. The minimum absolute atomic E-state index is 0.223. The van der Waals surface area contributed by atoms with E-state index < -0.39 is 0 Å². The third-order valence-electron chi connectivity index (χ3n) is 5.48. The van der Waals surface area contributed by atoms with Gasteiger partial charge in [0.15, 0.2) is 0 Å². The summed E-state index contributed by atoms with van der Waals surface area (Å²) in [5, 5.41) is 3.86. The first kappa shape index (κ1) is 15.9. The van der Waals surface area contributed by atoms with Gasteiger partial charge < -0.3 is 4.57 Å². The van der Waals surface area contributed by atoms with Crippen molar-refractivity contribution >= 4 is 21.7 Å². The van der Waals surface area contributed by atoms with E-state index in [0.29, 0.717) is 0 Å². The second-order valence-corrected chi connectivity index (χ2v) is 7.20. The number of aryl methyl sites for hydroxylation is 1. The molecule has 5 rings (SSSR count). The summed E-state index contributed by atoms with van der Waals surface area (Å²) in [4.78, 5) is 0. The maximum Gasteiger partial charge on any atom is 0.0477 e. The zero-order valence-electron chi connectivity index (χ0n) is 15.3. The number of fused-ring (bicyclic) bond motifs is 2. The topological polar surface area (TPSA) is 4.93 Å². The molecular formula is C26H21N. The van der Waals surface area contributed by atoms with Gasteiger partial charge in [-0.15, -0.1) is 0 Å². The van der Waals surface area contributed by atoms with E-state index in [1.807, 2.05) is 0 Å². The van der Waals surface area contributed by atoms with Crippen LogP contribution in [0.2, 0.25) is 0 Å². The third kappa shape index (κ3) is 2.82. The van der Waals surface area contributed by atoms with Gasteiger partial charge in [-0.3, -0.25) is 0 Å². The molecule has 5 aromatic rings. The zero-order valence-corrected chi connectivity index (χ0v) is 15.3. The SMILES string of the molecule is Cn1ccc2cc([C@@H](c3ccccc3)c3ccc4ccccc4c3)ccc21. The molecule has 0 N–H and O–H groups in total. The van der Waals surface area contributed by atoms with Crippen LogP contribution >= 0.6 is 0 Å². The Morgan fingerprint density at radius 1 is 0.556 bits per heavy atom. The summed E-state index contributed by atoms with van der Waals surface area (Å²) in [6.45, 7) is 0. The standard InChI is InChI=1S/C26H21N/c1-27-16-15-22-18-24(13-14-25(22)27)26(20-8-3-2-4-9-20)23-12-11-19-7-5-6-10-21(19)17-23/h2-18,26H,1H3/t26-/m0/s1. The molecule has 0 amide bonds. The van der Waals surface area contributed by atoms with E-state index in [0.717, 1.165) is 0 Å². The Morgan fingerprint density at radius 2 is 1.22 bits per heavy atom. The number of rotatable bonds is 3. The summed E-state index contributed by atoms with van der Waals surface area (Å²) in [5.74, 6) is 0.223. The van der Waals surface area contributed by atoms with Crippen LogP contribution in [0.4, 0.5) is 0 Å². The summed E-state index contributed by atoms with van der Waals surface area (Å²) < 4.78 is 2.17. The molecule has 1 heteroatoms. The summed E-state index contributed by atoms with van der Waals surface area (Å²) >= 11 is 0. The molecule has 0 saturated carbocycles. The van der Waals surface area contributed by atoms with Gasteiger partial charge in [0.2, 0.25) is 0 Å².